The van der Waals surface area contributed by atoms with Gasteiger partial charge in [0.25, 0.3) is 0 Å². The van der Waals surface area contributed by atoms with Gasteiger partial charge in [-0.3, -0.25) is 0 Å². The van der Waals surface area contributed by atoms with Crippen molar-refractivity contribution in [3.05, 3.63) is 100 Å². The van der Waals surface area contributed by atoms with Gasteiger partial charge in [0.1, 0.15) is 34.5 Å². The van der Waals surface area contributed by atoms with Crippen LogP contribution in [0, 0.1) is 18.3 Å². The van der Waals surface area contributed by atoms with Crippen LogP contribution < -0.4 is 19.9 Å². The summed E-state index contributed by atoms with van der Waals surface area (Å²) in [5.41, 5.74) is 10.6. The molecule has 1 unspecified atom stereocenters. The lowest BCUT2D eigenvalue weighted by Crippen LogP contribution is -2.21. The molecule has 2 N–H and O–H groups in total. The third-order valence-electron chi connectivity index (χ3n) is 7.23. The molecule has 1 atom stereocenters. The highest BCUT2D eigenvalue weighted by Crippen LogP contribution is 2.44. The average molecular weight is 537 g/mol. The number of nitrogens with two attached hydrogens (primary N) is 1. The van der Waals surface area contributed by atoms with Crippen molar-refractivity contribution in [2.75, 3.05) is 6.61 Å². The molecule has 0 aliphatic carbocycles. The molecule has 0 fully saturated rings. The fraction of sp³-hybridized carbons (Fsp3) is 0.273. The van der Waals surface area contributed by atoms with Crippen LogP contribution in [0.2, 0.25) is 0 Å². The van der Waals surface area contributed by atoms with E-state index in [9.17, 15) is 10.1 Å². The Hall–Kier alpha value is -4.70. The molecular weight excluding hydrogens is 504 g/mol. The number of unbranched alkanes of at least 4 members (excludes halogenated alkanes) is 2. The van der Waals surface area contributed by atoms with Crippen LogP contribution >= 0.6 is 0 Å². The summed E-state index contributed by atoms with van der Waals surface area (Å²) < 4.78 is 23.2. The maximum Gasteiger partial charge on any atom is 0.379 e. The Labute approximate surface area is 233 Å². The topological polar surface area (TPSA) is 108 Å². The van der Waals surface area contributed by atoms with Crippen LogP contribution in [0.3, 0.4) is 0 Å². The Kier molecular flexibility index (Phi) is 7.79. The van der Waals surface area contributed by atoms with E-state index in [4.69, 9.17) is 24.4 Å². The predicted octanol–water partition coefficient (Wildman–Crippen LogP) is 7.31. The van der Waals surface area contributed by atoms with Gasteiger partial charge in [0.05, 0.1) is 12.5 Å². The van der Waals surface area contributed by atoms with Crippen molar-refractivity contribution >= 4 is 16.9 Å². The largest absolute Gasteiger partial charge is 0.494 e. The first-order valence-electron chi connectivity index (χ1n) is 13.6. The highest BCUT2D eigenvalue weighted by atomic mass is 16.5. The summed E-state index contributed by atoms with van der Waals surface area (Å²) in [4.78, 5) is 13.1. The summed E-state index contributed by atoms with van der Waals surface area (Å²) in [5, 5.41) is 10.8. The minimum atomic E-state index is -0.602. The molecule has 1 aliphatic rings. The Morgan fingerprint density at radius 1 is 1.02 bits per heavy atom. The molecule has 40 heavy (non-hydrogen) atoms. The Balaban J connectivity index is 1.39. The predicted molar refractivity (Wildman–Crippen MR) is 152 cm³/mol. The maximum absolute atomic E-state index is 13.1. The summed E-state index contributed by atoms with van der Waals surface area (Å²) in [5.74, 6) is 0.608. The monoisotopic (exact) mass is 536 g/mol. The molecule has 3 aromatic carbocycles. The van der Waals surface area contributed by atoms with Gasteiger partial charge in [0.2, 0.25) is 11.6 Å². The molecule has 1 aliphatic heterocycles. The lowest BCUT2D eigenvalue weighted by molar-refractivity contribution is 0.0702. The molecule has 0 saturated carbocycles. The molecule has 5 rings (SSSR count). The number of hydrogen-bond donors (Lipinski definition) is 1. The summed E-state index contributed by atoms with van der Waals surface area (Å²) in [6, 6.07) is 20.8. The van der Waals surface area contributed by atoms with Crippen LogP contribution in [0.15, 0.2) is 76.5 Å². The normalized spacial score (nSPS) is 14.4. The highest BCUT2D eigenvalue weighted by Gasteiger charge is 2.31. The van der Waals surface area contributed by atoms with Crippen LogP contribution in [0.1, 0.15) is 71.8 Å². The van der Waals surface area contributed by atoms with E-state index in [1.165, 1.54) is 0 Å². The number of rotatable bonds is 9. The Morgan fingerprint density at radius 3 is 2.52 bits per heavy atom. The van der Waals surface area contributed by atoms with E-state index in [0.29, 0.717) is 23.5 Å². The molecular formula is C33H32N2O5. The van der Waals surface area contributed by atoms with Crippen molar-refractivity contribution < 1.29 is 23.4 Å². The molecule has 204 valence electrons. The zero-order valence-corrected chi connectivity index (χ0v) is 23.0. The summed E-state index contributed by atoms with van der Waals surface area (Å²) in [7, 11) is 0. The second-order valence-electron chi connectivity index (χ2n) is 9.88. The van der Waals surface area contributed by atoms with E-state index in [0.717, 1.165) is 59.1 Å². The molecule has 0 saturated heterocycles. The first-order chi connectivity index (χ1) is 19.4. The average Bonchev–Trinajstić information content (AvgIpc) is 3.30. The molecule has 0 radical (unpaired) electrons. The van der Waals surface area contributed by atoms with Crippen LogP contribution in [0.5, 0.6) is 17.2 Å². The van der Waals surface area contributed by atoms with Gasteiger partial charge in [0, 0.05) is 22.6 Å². The van der Waals surface area contributed by atoms with Crippen LogP contribution in [0.4, 0.5) is 0 Å². The van der Waals surface area contributed by atoms with Crippen LogP contribution in [-0.2, 0) is 6.42 Å². The standard InChI is InChI=1S/C33H32N2O5/c1-4-6-7-16-37-23-11-9-22(10-12-23)30-25-14-13-24(18-29(25)40-32(35)27(30)19-34)38-33(36)31-20(3)26-17-21(5-2)8-15-28(26)39-31/h8-15,17-18,30H,4-7,16,35H2,1-3H3. The van der Waals surface area contributed by atoms with Crippen molar-refractivity contribution in [3.63, 3.8) is 0 Å². The Bertz CT molecular complexity index is 1630. The highest BCUT2D eigenvalue weighted by molar-refractivity contribution is 5.97. The van der Waals surface area contributed by atoms with Gasteiger partial charge >= 0.3 is 5.97 Å². The number of hydrogen-bond acceptors (Lipinski definition) is 7. The molecule has 7 nitrogen and oxygen atoms in total. The summed E-state index contributed by atoms with van der Waals surface area (Å²) in [6.45, 7) is 6.75. The van der Waals surface area contributed by atoms with Crippen molar-refractivity contribution in [1.29, 1.82) is 5.26 Å². The van der Waals surface area contributed by atoms with Gasteiger partial charge in [-0.2, -0.15) is 5.26 Å². The number of allylic oxidation sites excluding steroid dienone is 1. The van der Waals surface area contributed by atoms with Gasteiger partial charge in [-0.05, 0) is 61.2 Å². The quantitative estimate of drug-likeness (QED) is 0.136. The fourth-order valence-corrected chi connectivity index (χ4v) is 4.98. The van der Waals surface area contributed by atoms with Gasteiger partial charge in [0.15, 0.2) is 0 Å². The number of esters is 1. The summed E-state index contributed by atoms with van der Waals surface area (Å²) in [6.07, 6.45) is 4.16. The second-order valence-corrected chi connectivity index (χ2v) is 9.88. The molecule has 4 aromatic rings. The van der Waals surface area contributed by atoms with Gasteiger partial charge < -0.3 is 24.4 Å². The first kappa shape index (κ1) is 26.9. The van der Waals surface area contributed by atoms with Crippen molar-refractivity contribution in [2.45, 2.75) is 52.4 Å². The van der Waals surface area contributed by atoms with Crippen LogP contribution in [-0.4, -0.2) is 12.6 Å². The minimum absolute atomic E-state index is 0.0169. The van der Waals surface area contributed by atoms with Crippen molar-refractivity contribution in [1.82, 2.24) is 0 Å². The van der Waals surface area contributed by atoms with E-state index in [-0.39, 0.29) is 17.4 Å². The SMILES string of the molecule is CCCCCOc1ccc(C2C(C#N)=C(N)Oc3cc(OC(=O)c4oc5ccc(CC)cc5c4C)ccc32)cc1. The number of nitriles is 1. The number of benzene rings is 3. The zero-order valence-electron chi connectivity index (χ0n) is 23.0. The zero-order chi connectivity index (χ0) is 28.2. The maximum atomic E-state index is 13.1. The number of carbonyl (C=O) groups excluding carboxylic acids is 1. The van der Waals surface area contributed by atoms with Gasteiger partial charge in [-0.1, -0.05) is 51.0 Å². The van der Waals surface area contributed by atoms with E-state index < -0.39 is 11.9 Å². The molecule has 7 heteroatoms. The summed E-state index contributed by atoms with van der Waals surface area (Å²) >= 11 is 0. The fourth-order valence-electron chi connectivity index (χ4n) is 4.98. The minimum Gasteiger partial charge on any atom is -0.494 e. The Morgan fingerprint density at radius 2 is 1.80 bits per heavy atom. The second kappa shape index (κ2) is 11.6. The molecule has 0 amide bonds. The number of carbonyl (C=O) groups is 1. The molecule has 0 spiro atoms. The van der Waals surface area contributed by atoms with E-state index in [1.54, 1.807) is 18.2 Å². The molecule has 2 heterocycles. The van der Waals surface area contributed by atoms with Gasteiger partial charge in [-0.25, -0.2) is 4.79 Å². The smallest absolute Gasteiger partial charge is 0.379 e. The lowest BCUT2D eigenvalue weighted by atomic mass is 9.83. The van der Waals surface area contributed by atoms with E-state index in [1.807, 2.05) is 49.4 Å². The van der Waals surface area contributed by atoms with E-state index in [2.05, 4.69) is 19.9 Å². The lowest BCUT2D eigenvalue weighted by Gasteiger charge is -2.26. The van der Waals surface area contributed by atoms with Gasteiger partial charge in [-0.15, -0.1) is 0 Å². The number of aryl methyl sites for hydroxylation is 2. The number of fused-ring (bicyclic) bond motifs is 2. The number of ether oxygens (including phenoxy) is 3. The van der Waals surface area contributed by atoms with E-state index >= 15 is 0 Å². The molecule has 0 bridgehead atoms. The first-order valence-corrected chi connectivity index (χ1v) is 13.6. The number of nitrogens with zero attached hydrogens (tertiary/aromatic N) is 1. The number of furan rings is 1. The third-order valence-corrected chi connectivity index (χ3v) is 7.23. The van der Waals surface area contributed by atoms with Crippen molar-refractivity contribution in [2.24, 2.45) is 5.73 Å². The third kappa shape index (κ3) is 5.26. The van der Waals surface area contributed by atoms with Crippen molar-refractivity contribution in [3.8, 4) is 23.3 Å². The van der Waals surface area contributed by atoms with Crippen LogP contribution in [0.25, 0.3) is 11.0 Å². The molecule has 1 aromatic heterocycles.